The van der Waals surface area contributed by atoms with Crippen molar-refractivity contribution in [1.29, 1.82) is 0 Å². The summed E-state index contributed by atoms with van der Waals surface area (Å²) in [5.41, 5.74) is 8.81. The number of aliphatic imine (C=N–C) groups is 1. The van der Waals surface area contributed by atoms with Gasteiger partial charge in [0.2, 0.25) is 0 Å². The SMILES string of the molecule is Cc1ccc2c(c1)CC(c1ccc(-c3sccc3C)cc1)=N2.O=S=O. The zero-order chi connectivity index (χ0) is 17.8. The fourth-order valence-electron chi connectivity index (χ4n) is 2.98. The summed E-state index contributed by atoms with van der Waals surface area (Å²) in [6.45, 7) is 4.30. The molecule has 5 heteroatoms. The number of fused-ring (bicyclic) bond motifs is 1. The largest absolute Gasteiger partial charge is 0.335 e. The molecule has 0 aliphatic carbocycles. The number of benzene rings is 2. The van der Waals surface area contributed by atoms with Crippen LogP contribution in [0, 0.1) is 13.8 Å². The van der Waals surface area contributed by atoms with E-state index in [1.807, 2.05) is 0 Å². The Labute approximate surface area is 154 Å². The molecule has 4 rings (SSSR count). The third-order valence-corrected chi connectivity index (χ3v) is 5.26. The van der Waals surface area contributed by atoms with Crippen molar-refractivity contribution in [2.24, 2.45) is 4.99 Å². The average Bonchev–Trinajstić information content (AvgIpc) is 3.21. The first-order valence-corrected chi connectivity index (χ1v) is 9.41. The molecule has 1 aliphatic rings. The highest BCUT2D eigenvalue weighted by molar-refractivity contribution is 7.51. The number of aryl methyl sites for hydroxylation is 2. The van der Waals surface area contributed by atoms with Gasteiger partial charge in [-0.1, -0.05) is 42.0 Å². The average molecular weight is 367 g/mol. The van der Waals surface area contributed by atoms with Crippen LogP contribution in [-0.2, 0) is 18.0 Å². The van der Waals surface area contributed by atoms with E-state index in [0.29, 0.717) is 0 Å². The quantitative estimate of drug-likeness (QED) is 0.637. The summed E-state index contributed by atoms with van der Waals surface area (Å²) in [5, 5.41) is 2.15. The monoisotopic (exact) mass is 367 g/mol. The lowest BCUT2D eigenvalue weighted by molar-refractivity contribution is 0.630. The number of hydrogen-bond donors (Lipinski definition) is 0. The Kier molecular flexibility index (Phi) is 5.36. The van der Waals surface area contributed by atoms with Crippen LogP contribution in [0.15, 0.2) is 58.9 Å². The smallest absolute Gasteiger partial charge is 0.252 e. The lowest BCUT2D eigenvalue weighted by Gasteiger charge is -2.04. The molecule has 1 aliphatic heterocycles. The molecule has 0 amide bonds. The molecule has 0 bridgehead atoms. The number of nitrogens with zero attached hydrogens (tertiary/aromatic N) is 1. The van der Waals surface area contributed by atoms with E-state index in [2.05, 4.69) is 67.8 Å². The highest BCUT2D eigenvalue weighted by Gasteiger charge is 2.16. The van der Waals surface area contributed by atoms with Crippen molar-refractivity contribution in [2.75, 3.05) is 0 Å². The maximum absolute atomic E-state index is 8.29. The first kappa shape index (κ1) is 17.5. The molecular weight excluding hydrogens is 350 g/mol. The predicted molar refractivity (Wildman–Crippen MR) is 104 cm³/mol. The van der Waals surface area contributed by atoms with E-state index in [9.17, 15) is 0 Å². The van der Waals surface area contributed by atoms with Gasteiger partial charge in [0, 0.05) is 11.3 Å². The van der Waals surface area contributed by atoms with Gasteiger partial charge in [0.25, 0.3) is 0 Å². The van der Waals surface area contributed by atoms with Crippen molar-refractivity contribution in [2.45, 2.75) is 20.3 Å². The minimum Gasteiger partial charge on any atom is -0.252 e. The molecule has 0 N–H and O–H groups in total. The maximum Gasteiger partial charge on any atom is 0.335 e. The Morgan fingerprint density at radius 3 is 2.28 bits per heavy atom. The molecule has 126 valence electrons. The molecule has 0 saturated heterocycles. The van der Waals surface area contributed by atoms with Crippen molar-refractivity contribution >= 4 is 34.3 Å². The molecule has 0 atom stereocenters. The van der Waals surface area contributed by atoms with Crippen LogP contribution in [0.3, 0.4) is 0 Å². The molecule has 0 spiro atoms. The van der Waals surface area contributed by atoms with Gasteiger partial charge in [-0.3, -0.25) is 4.99 Å². The molecule has 0 fully saturated rings. The number of hydrogen-bond acceptors (Lipinski definition) is 4. The Morgan fingerprint density at radius 2 is 1.64 bits per heavy atom. The summed E-state index contributed by atoms with van der Waals surface area (Å²) in [6, 6.07) is 17.5. The second kappa shape index (κ2) is 7.68. The minimum atomic E-state index is -0.750. The van der Waals surface area contributed by atoms with Crippen LogP contribution in [0.4, 0.5) is 5.69 Å². The number of thiophene rings is 1. The van der Waals surface area contributed by atoms with Gasteiger partial charge in [-0.15, -0.1) is 11.3 Å². The van der Waals surface area contributed by atoms with Gasteiger partial charge in [0.15, 0.2) is 0 Å². The fourth-order valence-corrected chi connectivity index (χ4v) is 3.91. The summed E-state index contributed by atoms with van der Waals surface area (Å²) in [7, 11) is 0. The molecule has 3 aromatic rings. The van der Waals surface area contributed by atoms with Crippen LogP contribution in [0.25, 0.3) is 10.4 Å². The molecule has 2 aromatic carbocycles. The predicted octanol–water partition coefficient (Wildman–Crippen LogP) is 5.04. The Morgan fingerprint density at radius 1 is 0.960 bits per heavy atom. The third kappa shape index (κ3) is 3.83. The van der Waals surface area contributed by atoms with Crippen LogP contribution >= 0.6 is 11.3 Å². The van der Waals surface area contributed by atoms with Crippen molar-refractivity contribution in [3.8, 4) is 10.4 Å². The summed E-state index contributed by atoms with van der Waals surface area (Å²) in [4.78, 5) is 6.15. The Bertz CT molecular complexity index is 966. The highest BCUT2D eigenvalue weighted by Crippen LogP contribution is 2.32. The van der Waals surface area contributed by atoms with Gasteiger partial charge in [-0.25, -0.2) is 0 Å². The molecule has 3 nitrogen and oxygen atoms in total. The first-order chi connectivity index (χ1) is 12.1. The van der Waals surface area contributed by atoms with Crippen molar-refractivity contribution in [3.63, 3.8) is 0 Å². The maximum atomic E-state index is 8.29. The van der Waals surface area contributed by atoms with Gasteiger partial charge in [0.1, 0.15) is 0 Å². The van der Waals surface area contributed by atoms with E-state index in [0.717, 1.165) is 12.1 Å². The molecule has 2 heterocycles. The zero-order valence-electron chi connectivity index (χ0n) is 14.0. The van der Waals surface area contributed by atoms with Gasteiger partial charge >= 0.3 is 11.6 Å². The summed E-state index contributed by atoms with van der Waals surface area (Å²) in [5.74, 6) is 0. The van der Waals surface area contributed by atoms with Crippen molar-refractivity contribution in [1.82, 2.24) is 0 Å². The van der Waals surface area contributed by atoms with Gasteiger partial charge in [-0.05, 0) is 53.6 Å². The molecular formula is C20H17NO2S2. The van der Waals surface area contributed by atoms with Crippen molar-refractivity contribution < 1.29 is 8.42 Å². The van der Waals surface area contributed by atoms with Crippen LogP contribution in [-0.4, -0.2) is 14.1 Å². The lowest BCUT2D eigenvalue weighted by Crippen LogP contribution is -2.00. The van der Waals surface area contributed by atoms with Crippen LogP contribution in [0.2, 0.25) is 0 Å². The zero-order valence-corrected chi connectivity index (χ0v) is 15.6. The van der Waals surface area contributed by atoms with Crippen LogP contribution in [0.1, 0.15) is 22.3 Å². The second-order valence-electron chi connectivity index (χ2n) is 5.95. The number of rotatable bonds is 2. The Balaban J connectivity index is 0.000000569. The second-order valence-corrected chi connectivity index (χ2v) is 7.00. The molecule has 0 saturated carbocycles. The van der Waals surface area contributed by atoms with E-state index in [1.54, 1.807) is 11.3 Å². The van der Waals surface area contributed by atoms with Crippen LogP contribution < -0.4 is 0 Å². The molecule has 1 aromatic heterocycles. The van der Waals surface area contributed by atoms with Gasteiger partial charge in [-0.2, -0.15) is 8.42 Å². The summed E-state index contributed by atoms with van der Waals surface area (Å²) >= 11 is 1.05. The summed E-state index contributed by atoms with van der Waals surface area (Å²) < 4.78 is 16.6. The molecule has 0 unspecified atom stereocenters. The molecule has 0 radical (unpaired) electrons. The standard InChI is InChI=1S/C20H17NS.O2S/c1-13-3-8-18-17(11-13)12-19(21-18)15-4-6-16(7-5-15)20-14(2)9-10-22-20;1-3-2/h3-11H,12H2,1-2H3;. The van der Waals surface area contributed by atoms with Crippen LogP contribution in [0.5, 0.6) is 0 Å². The van der Waals surface area contributed by atoms with Gasteiger partial charge < -0.3 is 0 Å². The topological polar surface area (TPSA) is 46.5 Å². The van der Waals surface area contributed by atoms with Crippen molar-refractivity contribution in [3.05, 3.63) is 76.2 Å². The highest BCUT2D eigenvalue weighted by atomic mass is 32.1. The molecule has 25 heavy (non-hydrogen) atoms. The van der Waals surface area contributed by atoms with E-state index in [1.165, 1.54) is 38.4 Å². The van der Waals surface area contributed by atoms with E-state index >= 15 is 0 Å². The lowest BCUT2D eigenvalue weighted by atomic mass is 10.0. The minimum absolute atomic E-state index is 0.750. The van der Waals surface area contributed by atoms with E-state index in [4.69, 9.17) is 13.4 Å². The normalized spacial score (nSPS) is 12.0. The summed E-state index contributed by atoms with van der Waals surface area (Å²) in [6.07, 6.45) is 0.939. The van der Waals surface area contributed by atoms with Gasteiger partial charge in [0.05, 0.1) is 11.4 Å². The first-order valence-electron chi connectivity index (χ1n) is 7.86. The Hall–Kier alpha value is -2.37. The van der Waals surface area contributed by atoms with E-state index < -0.39 is 11.6 Å². The third-order valence-electron chi connectivity index (χ3n) is 4.19. The fraction of sp³-hybridized carbons (Fsp3) is 0.150. The van der Waals surface area contributed by atoms with E-state index in [-0.39, 0.29) is 0 Å².